The summed E-state index contributed by atoms with van der Waals surface area (Å²) in [7, 11) is 1.44. The smallest absolute Gasteiger partial charge is 0.165 e. The van der Waals surface area contributed by atoms with Gasteiger partial charge in [-0.05, 0) is 37.9 Å². The molecule has 0 heterocycles. The van der Waals surface area contributed by atoms with E-state index in [0.717, 1.165) is 18.9 Å². The van der Waals surface area contributed by atoms with Crippen LogP contribution in [0.4, 0.5) is 8.78 Å². The zero-order valence-electron chi connectivity index (χ0n) is 8.72. The Morgan fingerprint density at radius 2 is 2.00 bits per heavy atom. The average Bonchev–Trinajstić information content (AvgIpc) is 2.25. The highest BCUT2D eigenvalue weighted by Crippen LogP contribution is 2.25. The summed E-state index contributed by atoms with van der Waals surface area (Å²) in [5, 5.41) is 0. The van der Waals surface area contributed by atoms with Gasteiger partial charge in [0.1, 0.15) is 5.75 Å². The van der Waals surface area contributed by atoms with Crippen LogP contribution in [0.3, 0.4) is 0 Å². The second-order valence-electron chi connectivity index (χ2n) is 3.29. The standard InChI is InChI=1S/C11H15F2NO/c1-15-10-6-5-9(12)11(13)8(10)4-2-3-7-14/h5-6H,2-4,7,14H2,1H3. The number of ether oxygens (including phenoxy) is 1. The van der Waals surface area contributed by atoms with Gasteiger partial charge in [0.15, 0.2) is 11.6 Å². The van der Waals surface area contributed by atoms with E-state index < -0.39 is 11.6 Å². The molecule has 0 atom stereocenters. The lowest BCUT2D eigenvalue weighted by Gasteiger charge is -2.09. The summed E-state index contributed by atoms with van der Waals surface area (Å²) >= 11 is 0. The number of benzene rings is 1. The van der Waals surface area contributed by atoms with Crippen molar-refractivity contribution in [3.8, 4) is 5.75 Å². The number of halogens is 2. The summed E-state index contributed by atoms with van der Waals surface area (Å²) in [4.78, 5) is 0. The Hall–Kier alpha value is -1.16. The molecule has 2 N–H and O–H groups in total. The van der Waals surface area contributed by atoms with Crippen LogP contribution >= 0.6 is 0 Å². The van der Waals surface area contributed by atoms with Gasteiger partial charge in [0, 0.05) is 5.56 Å². The number of nitrogens with two attached hydrogens (primary N) is 1. The molecule has 1 aromatic carbocycles. The normalized spacial score (nSPS) is 10.4. The number of unbranched alkanes of at least 4 members (excludes halogenated alkanes) is 1. The van der Waals surface area contributed by atoms with Gasteiger partial charge in [-0.2, -0.15) is 0 Å². The fraction of sp³-hybridized carbons (Fsp3) is 0.455. The molecule has 4 heteroatoms. The molecule has 0 aliphatic carbocycles. The molecule has 0 bridgehead atoms. The Labute approximate surface area is 88.0 Å². The van der Waals surface area contributed by atoms with Crippen molar-refractivity contribution in [1.82, 2.24) is 0 Å². The maximum Gasteiger partial charge on any atom is 0.165 e. The minimum absolute atomic E-state index is 0.297. The number of rotatable bonds is 5. The number of hydrogen-bond donors (Lipinski definition) is 1. The van der Waals surface area contributed by atoms with E-state index in [1.54, 1.807) is 0 Å². The highest BCUT2D eigenvalue weighted by atomic mass is 19.2. The van der Waals surface area contributed by atoms with Crippen molar-refractivity contribution < 1.29 is 13.5 Å². The quantitative estimate of drug-likeness (QED) is 0.764. The monoisotopic (exact) mass is 215 g/mol. The van der Waals surface area contributed by atoms with Crippen LogP contribution < -0.4 is 10.5 Å². The van der Waals surface area contributed by atoms with Crippen LogP contribution in [0.25, 0.3) is 0 Å². The van der Waals surface area contributed by atoms with Crippen LogP contribution in [0.15, 0.2) is 12.1 Å². The lowest BCUT2D eigenvalue weighted by atomic mass is 10.1. The zero-order valence-corrected chi connectivity index (χ0v) is 8.72. The van der Waals surface area contributed by atoms with Crippen LogP contribution in [0.5, 0.6) is 5.75 Å². The van der Waals surface area contributed by atoms with Crippen molar-refractivity contribution in [3.63, 3.8) is 0 Å². The molecular formula is C11H15F2NO. The fourth-order valence-corrected chi connectivity index (χ4v) is 1.45. The van der Waals surface area contributed by atoms with Crippen LogP contribution in [0.2, 0.25) is 0 Å². The molecule has 0 aliphatic heterocycles. The lowest BCUT2D eigenvalue weighted by Crippen LogP contribution is -2.02. The Kier molecular flexibility index (Phi) is 4.49. The first-order valence-electron chi connectivity index (χ1n) is 4.91. The second kappa shape index (κ2) is 5.66. The molecule has 0 fully saturated rings. The van der Waals surface area contributed by atoms with Gasteiger partial charge in [0.05, 0.1) is 7.11 Å². The molecule has 0 amide bonds. The van der Waals surface area contributed by atoms with E-state index in [0.29, 0.717) is 24.3 Å². The van der Waals surface area contributed by atoms with Gasteiger partial charge in [0.2, 0.25) is 0 Å². The van der Waals surface area contributed by atoms with E-state index in [-0.39, 0.29) is 0 Å². The van der Waals surface area contributed by atoms with Crippen LogP contribution in [-0.4, -0.2) is 13.7 Å². The Morgan fingerprint density at radius 1 is 1.27 bits per heavy atom. The molecule has 0 aliphatic rings. The first-order chi connectivity index (χ1) is 7.20. The Balaban J connectivity index is 2.86. The molecule has 1 aromatic rings. The molecule has 0 unspecified atom stereocenters. The predicted octanol–water partition coefficient (Wildman–Crippen LogP) is 2.25. The minimum Gasteiger partial charge on any atom is -0.496 e. The number of methoxy groups -OCH3 is 1. The van der Waals surface area contributed by atoms with Gasteiger partial charge in [-0.25, -0.2) is 8.78 Å². The first kappa shape index (κ1) is 11.9. The van der Waals surface area contributed by atoms with E-state index in [1.807, 2.05) is 0 Å². The molecule has 0 radical (unpaired) electrons. The molecule has 0 aromatic heterocycles. The third kappa shape index (κ3) is 2.89. The van der Waals surface area contributed by atoms with Crippen molar-refractivity contribution in [2.75, 3.05) is 13.7 Å². The van der Waals surface area contributed by atoms with E-state index >= 15 is 0 Å². The maximum absolute atomic E-state index is 13.4. The van der Waals surface area contributed by atoms with Gasteiger partial charge >= 0.3 is 0 Å². The van der Waals surface area contributed by atoms with Crippen molar-refractivity contribution >= 4 is 0 Å². The van der Waals surface area contributed by atoms with Crippen molar-refractivity contribution in [2.45, 2.75) is 19.3 Å². The summed E-state index contributed by atoms with van der Waals surface area (Å²) in [6.07, 6.45) is 1.97. The van der Waals surface area contributed by atoms with Crippen LogP contribution in [-0.2, 0) is 6.42 Å². The zero-order chi connectivity index (χ0) is 11.3. The van der Waals surface area contributed by atoms with Crippen LogP contribution in [0, 0.1) is 11.6 Å². The van der Waals surface area contributed by atoms with E-state index in [2.05, 4.69) is 0 Å². The van der Waals surface area contributed by atoms with Gasteiger partial charge in [-0.15, -0.1) is 0 Å². The van der Waals surface area contributed by atoms with E-state index in [9.17, 15) is 8.78 Å². The molecular weight excluding hydrogens is 200 g/mol. The SMILES string of the molecule is COc1ccc(F)c(F)c1CCCCN. The van der Waals surface area contributed by atoms with Crippen molar-refractivity contribution in [1.29, 1.82) is 0 Å². The molecule has 0 spiro atoms. The highest BCUT2D eigenvalue weighted by Gasteiger charge is 2.13. The third-order valence-corrected chi connectivity index (χ3v) is 2.25. The summed E-state index contributed by atoms with van der Waals surface area (Å²) < 4.78 is 31.3. The molecule has 0 saturated carbocycles. The topological polar surface area (TPSA) is 35.2 Å². The Bertz CT molecular complexity index is 329. The lowest BCUT2D eigenvalue weighted by molar-refractivity contribution is 0.397. The van der Waals surface area contributed by atoms with Gasteiger partial charge < -0.3 is 10.5 Å². The summed E-state index contributed by atoms with van der Waals surface area (Å²) in [5.74, 6) is -1.25. The predicted molar refractivity (Wildman–Crippen MR) is 54.9 cm³/mol. The maximum atomic E-state index is 13.4. The van der Waals surface area contributed by atoms with Gasteiger partial charge in [-0.1, -0.05) is 0 Å². The Morgan fingerprint density at radius 3 is 2.60 bits per heavy atom. The second-order valence-corrected chi connectivity index (χ2v) is 3.29. The first-order valence-corrected chi connectivity index (χ1v) is 4.91. The number of hydrogen-bond acceptors (Lipinski definition) is 2. The molecule has 84 valence electrons. The molecule has 2 nitrogen and oxygen atoms in total. The molecule has 1 rings (SSSR count). The third-order valence-electron chi connectivity index (χ3n) is 2.25. The van der Waals surface area contributed by atoms with Crippen molar-refractivity contribution in [3.05, 3.63) is 29.3 Å². The minimum atomic E-state index is -0.835. The van der Waals surface area contributed by atoms with E-state index in [1.165, 1.54) is 13.2 Å². The fourth-order valence-electron chi connectivity index (χ4n) is 1.45. The highest BCUT2D eigenvalue weighted by molar-refractivity contribution is 5.35. The van der Waals surface area contributed by atoms with Crippen LogP contribution in [0.1, 0.15) is 18.4 Å². The summed E-state index contributed by atoms with van der Waals surface area (Å²) in [5.41, 5.74) is 5.63. The largest absolute Gasteiger partial charge is 0.496 e. The molecule has 0 saturated heterocycles. The van der Waals surface area contributed by atoms with Gasteiger partial charge in [0.25, 0.3) is 0 Å². The molecule has 15 heavy (non-hydrogen) atoms. The summed E-state index contributed by atoms with van der Waals surface area (Å²) in [6.45, 7) is 0.555. The summed E-state index contributed by atoms with van der Waals surface area (Å²) in [6, 6.07) is 2.51. The van der Waals surface area contributed by atoms with Crippen molar-refractivity contribution in [2.24, 2.45) is 5.73 Å². The van der Waals surface area contributed by atoms with E-state index in [4.69, 9.17) is 10.5 Å². The van der Waals surface area contributed by atoms with Gasteiger partial charge in [-0.3, -0.25) is 0 Å². The average molecular weight is 215 g/mol.